The first-order valence-electron chi connectivity index (χ1n) is 25.2. The molecule has 348 valence electrons. The van der Waals surface area contributed by atoms with Gasteiger partial charge in [0.25, 0.3) is 0 Å². The van der Waals surface area contributed by atoms with Crippen LogP contribution >= 0.6 is 0 Å². The Morgan fingerprint density at radius 2 is 0.514 bits per heavy atom. The fourth-order valence-corrected chi connectivity index (χ4v) is 12.5. The van der Waals surface area contributed by atoms with Gasteiger partial charge in [-0.15, -0.1) is 0 Å². The summed E-state index contributed by atoms with van der Waals surface area (Å²) in [5.41, 5.74) is 20.2. The highest BCUT2D eigenvalue weighted by Crippen LogP contribution is 2.56. The van der Waals surface area contributed by atoms with E-state index in [0.717, 1.165) is 56.4 Å². The van der Waals surface area contributed by atoms with Crippen molar-refractivity contribution in [2.75, 3.05) is 9.80 Å². The Morgan fingerprint density at radius 1 is 0.264 bits per heavy atom. The van der Waals surface area contributed by atoms with E-state index in [1.165, 1.54) is 44.5 Å². The minimum Gasteiger partial charge on any atom is -0.309 e. The van der Waals surface area contributed by atoms with Gasteiger partial charge in [-0.3, -0.25) is 0 Å². The van der Waals surface area contributed by atoms with Crippen LogP contribution in [0.5, 0.6) is 0 Å². The number of rotatable bonds is 6. The number of fused-ring (bicyclic) bond motifs is 6. The van der Waals surface area contributed by atoms with E-state index in [0.29, 0.717) is 17.5 Å². The van der Waals surface area contributed by atoms with Crippen molar-refractivity contribution < 1.29 is 0 Å². The summed E-state index contributed by atoms with van der Waals surface area (Å²) < 4.78 is 0. The number of benzene rings is 9. The van der Waals surface area contributed by atoms with Gasteiger partial charge in [0, 0.05) is 38.9 Å². The fourth-order valence-electron chi connectivity index (χ4n) is 12.5. The minimum atomic E-state index is -0.216. The van der Waals surface area contributed by atoms with Crippen LogP contribution in [0, 0.1) is 0 Å². The van der Waals surface area contributed by atoms with Crippen molar-refractivity contribution in [3.05, 3.63) is 268 Å². The predicted octanol–water partition coefficient (Wildman–Crippen LogP) is 16.9. The molecule has 72 heavy (non-hydrogen) atoms. The van der Waals surface area contributed by atoms with E-state index in [4.69, 9.17) is 15.0 Å². The highest BCUT2D eigenvalue weighted by molar-refractivity contribution is 5.94. The molecule has 0 fully saturated rings. The molecule has 13 rings (SSSR count). The zero-order valence-corrected chi connectivity index (χ0v) is 41.6. The second-order valence-electron chi connectivity index (χ2n) is 21.1. The molecule has 0 saturated heterocycles. The van der Waals surface area contributed by atoms with Gasteiger partial charge in [0.1, 0.15) is 0 Å². The normalized spacial score (nSPS) is 15.6. The molecule has 9 aromatic carbocycles. The Labute approximate surface area is 423 Å². The third-order valence-corrected chi connectivity index (χ3v) is 16.1. The van der Waals surface area contributed by atoms with Gasteiger partial charge >= 0.3 is 0 Å². The lowest BCUT2D eigenvalue weighted by atomic mass is 9.63. The molecule has 1 aliphatic carbocycles. The molecule has 5 nitrogen and oxygen atoms in total. The minimum absolute atomic E-state index is 0.0562. The smallest absolute Gasteiger partial charge is 0.166 e. The van der Waals surface area contributed by atoms with Gasteiger partial charge in [-0.25, -0.2) is 15.0 Å². The fraction of sp³-hybridized carbons (Fsp3) is 0.149. The van der Waals surface area contributed by atoms with Crippen LogP contribution in [0.3, 0.4) is 0 Å². The Hall–Kier alpha value is -8.41. The zero-order chi connectivity index (χ0) is 48.9. The van der Waals surface area contributed by atoms with Crippen molar-refractivity contribution in [3.63, 3.8) is 0 Å². The highest BCUT2D eigenvalue weighted by atomic mass is 15.2. The van der Waals surface area contributed by atoms with Gasteiger partial charge in [0.2, 0.25) is 0 Å². The molecule has 0 N–H and O–H groups in total. The second-order valence-corrected chi connectivity index (χ2v) is 21.1. The van der Waals surface area contributed by atoms with Crippen LogP contribution in [0.4, 0.5) is 34.1 Å². The monoisotopic (exact) mass is 929 g/mol. The van der Waals surface area contributed by atoms with Gasteiger partial charge in [-0.1, -0.05) is 211 Å². The lowest BCUT2D eigenvalue weighted by Crippen LogP contribution is -2.30. The van der Waals surface area contributed by atoms with Gasteiger partial charge in [-0.2, -0.15) is 0 Å². The van der Waals surface area contributed by atoms with E-state index >= 15 is 0 Å². The third kappa shape index (κ3) is 6.49. The number of hydrogen-bond acceptors (Lipinski definition) is 5. The van der Waals surface area contributed by atoms with Crippen molar-refractivity contribution in [2.45, 2.75) is 63.7 Å². The quantitative estimate of drug-likeness (QED) is 0.166. The molecule has 5 heteroatoms. The average molecular weight is 930 g/mol. The highest BCUT2D eigenvalue weighted by Gasteiger charge is 2.41. The molecule has 3 heterocycles. The van der Waals surface area contributed by atoms with Gasteiger partial charge in [0.05, 0.1) is 34.1 Å². The summed E-state index contributed by atoms with van der Waals surface area (Å²) in [4.78, 5) is 21.8. The molecule has 0 saturated carbocycles. The summed E-state index contributed by atoms with van der Waals surface area (Å²) in [6.07, 6.45) is 0. The molecule has 0 spiro atoms. The Kier molecular flexibility index (Phi) is 9.89. The first-order valence-corrected chi connectivity index (χ1v) is 25.2. The van der Waals surface area contributed by atoms with Gasteiger partial charge in [0.15, 0.2) is 17.5 Å². The molecule has 0 unspecified atom stereocenters. The lowest BCUT2D eigenvalue weighted by molar-refractivity contribution is 0.597. The van der Waals surface area contributed by atoms with Crippen molar-refractivity contribution in [2.24, 2.45) is 0 Å². The van der Waals surface area contributed by atoms with Gasteiger partial charge < -0.3 is 9.80 Å². The van der Waals surface area contributed by atoms with Crippen LogP contribution in [-0.4, -0.2) is 15.0 Å². The van der Waals surface area contributed by atoms with E-state index in [-0.39, 0.29) is 22.2 Å². The Bertz CT molecular complexity index is 3240. The van der Waals surface area contributed by atoms with Crippen LogP contribution in [0.25, 0.3) is 34.2 Å². The van der Waals surface area contributed by atoms with E-state index < -0.39 is 0 Å². The van der Waals surface area contributed by atoms with Crippen LogP contribution in [0.2, 0.25) is 0 Å². The zero-order valence-electron chi connectivity index (χ0n) is 41.6. The second kappa shape index (κ2) is 16.3. The van der Waals surface area contributed by atoms with Crippen LogP contribution in [-0.2, 0) is 16.2 Å². The molecule has 2 aliphatic heterocycles. The first kappa shape index (κ1) is 43.6. The maximum atomic E-state index is 5.66. The SMILES string of the molecule is CC1(C)c2ccccc2C(c2ccccc2-c2nc(-c3ccccc3N3c4ccccc4C(C)(C)c4ccccc43)nc(-c3ccccc3N3c4ccccc4C(C)(C)c4ccccc43)n2)c2ccccc21. The lowest BCUT2D eigenvalue weighted by Gasteiger charge is -2.42. The van der Waals surface area contributed by atoms with Crippen molar-refractivity contribution >= 4 is 34.1 Å². The standard InChI is InChI=1S/C67H55N5/c1-65(2)49-31-13-9-27-45(49)61(46-28-10-14-32-50(46)65)43-25-7-8-26-44(43)62-68-63(47-29-11-19-37-55(47)71-57-39-21-15-33-51(57)66(3,4)52-34-16-22-40-58(52)71)70-64(69-62)48-30-12-20-38-56(48)72-59-41-23-17-35-53(59)67(5,6)54-36-18-24-42-60(54)72/h7-42,61H,1-6H3. The number of hydrogen-bond donors (Lipinski definition) is 0. The molecule has 0 atom stereocenters. The summed E-state index contributed by atoms with van der Waals surface area (Å²) in [7, 11) is 0. The third-order valence-electron chi connectivity index (χ3n) is 16.1. The maximum absolute atomic E-state index is 5.66. The van der Waals surface area contributed by atoms with E-state index in [1.807, 2.05) is 0 Å². The number of anilines is 6. The van der Waals surface area contributed by atoms with Gasteiger partial charge in [-0.05, 0) is 98.6 Å². The molecule has 10 aromatic rings. The van der Waals surface area contributed by atoms with Crippen molar-refractivity contribution in [1.82, 2.24) is 15.0 Å². The molecule has 3 aliphatic rings. The number of nitrogens with zero attached hydrogens (tertiary/aromatic N) is 5. The summed E-state index contributed by atoms with van der Waals surface area (Å²) in [6, 6.07) is 79.3. The van der Waals surface area contributed by atoms with Crippen molar-refractivity contribution in [1.29, 1.82) is 0 Å². The maximum Gasteiger partial charge on any atom is 0.166 e. The Balaban J connectivity index is 1.08. The molecular weight excluding hydrogens is 875 g/mol. The number of para-hydroxylation sites is 6. The summed E-state index contributed by atoms with van der Waals surface area (Å²) in [5.74, 6) is 1.76. The molecule has 0 bridgehead atoms. The summed E-state index contributed by atoms with van der Waals surface area (Å²) >= 11 is 0. The van der Waals surface area contributed by atoms with E-state index in [9.17, 15) is 0 Å². The topological polar surface area (TPSA) is 45.2 Å². The Morgan fingerprint density at radius 3 is 0.889 bits per heavy atom. The van der Waals surface area contributed by atoms with Crippen molar-refractivity contribution in [3.8, 4) is 34.2 Å². The largest absolute Gasteiger partial charge is 0.309 e. The predicted molar refractivity (Wildman–Crippen MR) is 296 cm³/mol. The van der Waals surface area contributed by atoms with Crippen LogP contribution in [0.15, 0.2) is 218 Å². The van der Waals surface area contributed by atoms with Crippen LogP contribution in [0.1, 0.15) is 97.5 Å². The average Bonchev–Trinajstić information content (AvgIpc) is 3.41. The molecule has 0 radical (unpaired) electrons. The molecular formula is C67H55N5. The van der Waals surface area contributed by atoms with Crippen LogP contribution < -0.4 is 9.80 Å². The first-order chi connectivity index (χ1) is 35.0. The van der Waals surface area contributed by atoms with E-state index in [1.54, 1.807) is 0 Å². The molecule has 0 amide bonds. The summed E-state index contributed by atoms with van der Waals surface area (Å²) in [5, 5.41) is 0. The van der Waals surface area contributed by atoms with E-state index in [2.05, 4.69) is 270 Å². The number of aromatic nitrogens is 3. The summed E-state index contributed by atoms with van der Waals surface area (Å²) in [6.45, 7) is 14.0. The molecule has 1 aromatic heterocycles.